The van der Waals surface area contributed by atoms with Crippen LogP contribution in [0.15, 0.2) is 10.6 Å². The molecule has 9 heavy (non-hydrogen) atoms. The summed E-state index contributed by atoms with van der Waals surface area (Å²) in [7, 11) is 0. The van der Waals surface area contributed by atoms with Crippen LogP contribution in [0, 0.1) is 0 Å². The van der Waals surface area contributed by atoms with Gasteiger partial charge in [0.05, 0.1) is 0 Å². The molecule has 0 atom stereocenters. The molecular weight excluding hydrogens is 132 g/mol. The monoisotopic (exact) mass is 146 g/mol. The second-order valence-electron chi connectivity index (χ2n) is 1.51. The van der Waals surface area contributed by atoms with Crippen molar-refractivity contribution in [2.75, 3.05) is 0 Å². The minimum Gasteiger partial charge on any atom is -0.315 e. The van der Waals surface area contributed by atoms with Crippen molar-refractivity contribution < 1.29 is 0 Å². The van der Waals surface area contributed by atoms with Gasteiger partial charge in [0.15, 0.2) is 0 Å². The van der Waals surface area contributed by atoms with Crippen LogP contribution < -0.4 is 10.3 Å². The predicted octanol–water partition coefficient (Wildman–Crippen LogP) is 2.02. The number of rotatable bonds is 0. The van der Waals surface area contributed by atoms with Gasteiger partial charge < -0.3 is 5.43 Å². The topological polar surface area (TPSA) is 24.1 Å². The Morgan fingerprint density at radius 3 is 1.89 bits per heavy atom. The summed E-state index contributed by atoms with van der Waals surface area (Å²) in [5.74, 6) is 0. The van der Waals surface area contributed by atoms with E-state index in [1.54, 1.807) is 11.9 Å². The molecular formula is C6H14N2S. The molecule has 0 saturated heterocycles. The van der Waals surface area contributed by atoms with E-state index in [0.717, 1.165) is 0 Å². The molecule has 0 aromatic carbocycles. The first-order valence-corrected chi connectivity index (χ1v) is 3.97. The smallest absolute Gasteiger partial charge is 0.0345 e. The van der Waals surface area contributed by atoms with Crippen LogP contribution in [0.25, 0.3) is 0 Å². The van der Waals surface area contributed by atoms with Crippen molar-refractivity contribution in [3.63, 3.8) is 0 Å². The van der Waals surface area contributed by atoms with Gasteiger partial charge in [-0.3, -0.25) is 0 Å². The fraction of sp³-hybridized carbons (Fsp3) is 0.667. The van der Waals surface area contributed by atoms with Crippen LogP contribution in [0.2, 0.25) is 0 Å². The van der Waals surface area contributed by atoms with E-state index in [1.165, 1.54) is 10.6 Å². The standard InChI is InChI=1S/C4H8N2S.C2H6/c1-3-4(2)7-6-5-3;1-2/h5-6H,1-2H3;1-2H3. The minimum atomic E-state index is 1.23. The number of hydrogen-bond acceptors (Lipinski definition) is 3. The van der Waals surface area contributed by atoms with E-state index in [2.05, 4.69) is 17.2 Å². The molecule has 0 saturated carbocycles. The molecule has 0 bridgehead atoms. The van der Waals surface area contributed by atoms with Crippen LogP contribution in [-0.4, -0.2) is 0 Å². The molecule has 0 aliphatic carbocycles. The van der Waals surface area contributed by atoms with Gasteiger partial charge in [0.25, 0.3) is 0 Å². The molecule has 2 nitrogen and oxygen atoms in total. The number of nitrogens with one attached hydrogen (secondary N) is 2. The van der Waals surface area contributed by atoms with Crippen molar-refractivity contribution in [1.29, 1.82) is 0 Å². The lowest BCUT2D eigenvalue weighted by Gasteiger charge is -1.89. The summed E-state index contributed by atoms with van der Waals surface area (Å²) in [4.78, 5) is 4.23. The largest absolute Gasteiger partial charge is 0.315 e. The number of hydrogen-bond donors (Lipinski definition) is 2. The van der Waals surface area contributed by atoms with Crippen LogP contribution in [0.4, 0.5) is 0 Å². The Balaban J connectivity index is 0.000000291. The molecule has 1 rings (SSSR count). The van der Waals surface area contributed by atoms with Gasteiger partial charge in [0.2, 0.25) is 0 Å². The molecule has 1 aliphatic heterocycles. The lowest BCUT2D eigenvalue weighted by Crippen LogP contribution is -2.16. The fourth-order valence-corrected chi connectivity index (χ4v) is 0.905. The van der Waals surface area contributed by atoms with Crippen molar-refractivity contribution in [3.8, 4) is 0 Å². The minimum absolute atomic E-state index is 1.23. The van der Waals surface area contributed by atoms with E-state index in [9.17, 15) is 0 Å². The van der Waals surface area contributed by atoms with E-state index in [0.29, 0.717) is 0 Å². The Morgan fingerprint density at radius 1 is 1.22 bits per heavy atom. The summed E-state index contributed by atoms with van der Waals surface area (Å²) in [6.07, 6.45) is 0. The van der Waals surface area contributed by atoms with Crippen molar-refractivity contribution >= 4 is 11.9 Å². The molecule has 0 fully saturated rings. The lowest BCUT2D eigenvalue weighted by molar-refractivity contribution is 0.830. The maximum absolute atomic E-state index is 2.96. The van der Waals surface area contributed by atoms with Crippen LogP contribution in [0.5, 0.6) is 0 Å². The maximum Gasteiger partial charge on any atom is 0.0345 e. The fourth-order valence-electron chi connectivity index (χ4n) is 0.343. The molecule has 2 N–H and O–H groups in total. The first kappa shape index (κ1) is 8.85. The molecule has 0 radical (unpaired) electrons. The highest BCUT2D eigenvalue weighted by Gasteiger charge is 2.02. The summed E-state index contributed by atoms with van der Waals surface area (Å²) < 4.78 is 0. The van der Waals surface area contributed by atoms with Crippen molar-refractivity contribution in [2.24, 2.45) is 0 Å². The Bertz CT molecular complexity index is 97.6. The molecule has 1 heterocycles. The average molecular weight is 146 g/mol. The van der Waals surface area contributed by atoms with Gasteiger partial charge in [-0.05, 0) is 25.8 Å². The van der Waals surface area contributed by atoms with Gasteiger partial charge in [-0.2, -0.15) is 4.83 Å². The summed E-state index contributed by atoms with van der Waals surface area (Å²) >= 11 is 1.62. The Kier molecular flexibility index (Phi) is 4.62. The second kappa shape index (κ2) is 4.70. The summed E-state index contributed by atoms with van der Waals surface area (Å²) in [6, 6.07) is 0. The van der Waals surface area contributed by atoms with Gasteiger partial charge in [-0.1, -0.05) is 13.8 Å². The highest BCUT2D eigenvalue weighted by Crippen LogP contribution is 2.17. The highest BCUT2D eigenvalue weighted by molar-refractivity contribution is 8.01. The van der Waals surface area contributed by atoms with Gasteiger partial charge in [-0.25, -0.2) is 0 Å². The van der Waals surface area contributed by atoms with Gasteiger partial charge >= 0.3 is 0 Å². The van der Waals surface area contributed by atoms with E-state index in [-0.39, 0.29) is 0 Å². The van der Waals surface area contributed by atoms with Crippen LogP contribution >= 0.6 is 11.9 Å². The Labute approximate surface area is 61.2 Å². The predicted molar refractivity (Wildman–Crippen MR) is 43.6 cm³/mol. The number of allylic oxidation sites excluding steroid dienone is 2. The SMILES string of the molecule is CC.CC1=C(C)SNN1. The van der Waals surface area contributed by atoms with Gasteiger partial charge in [-0.15, -0.1) is 0 Å². The molecule has 0 aromatic heterocycles. The zero-order valence-corrected chi connectivity index (χ0v) is 7.22. The van der Waals surface area contributed by atoms with Crippen LogP contribution in [0.1, 0.15) is 27.7 Å². The summed E-state index contributed by atoms with van der Waals surface area (Å²) in [5, 5.41) is 0. The number of hydrazine groups is 1. The van der Waals surface area contributed by atoms with Crippen molar-refractivity contribution in [1.82, 2.24) is 10.3 Å². The second-order valence-corrected chi connectivity index (χ2v) is 2.53. The normalized spacial score (nSPS) is 16.4. The molecule has 1 aliphatic rings. The quantitative estimate of drug-likeness (QED) is 0.511. The van der Waals surface area contributed by atoms with Crippen LogP contribution in [0.3, 0.4) is 0 Å². The van der Waals surface area contributed by atoms with E-state index in [1.807, 2.05) is 20.8 Å². The Hall–Kier alpha value is -0.150. The van der Waals surface area contributed by atoms with E-state index in [4.69, 9.17) is 0 Å². The van der Waals surface area contributed by atoms with Crippen LogP contribution in [-0.2, 0) is 0 Å². The van der Waals surface area contributed by atoms with E-state index >= 15 is 0 Å². The summed E-state index contributed by atoms with van der Waals surface area (Å²) in [6.45, 7) is 8.12. The zero-order valence-electron chi connectivity index (χ0n) is 6.41. The maximum atomic E-state index is 2.96. The van der Waals surface area contributed by atoms with E-state index < -0.39 is 0 Å². The van der Waals surface area contributed by atoms with Gasteiger partial charge in [0, 0.05) is 10.6 Å². The molecule has 3 heteroatoms. The highest BCUT2D eigenvalue weighted by atomic mass is 32.2. The molecule has 0 unspecified atom stereocenters. The first-order valence-electron chi connectivity index (χ1n) is 3.16. The van der Waals surface area contributed by atoms with Gasteiger partial charge in [0.1, 0.15) is 0 Å². The van der Waals surface area contributed by atoms with Crippen molar-refractivity contribution in [3.05, 3.63) is 10.6 Å². The molecule has 0 aromatic rings. The third-order valence-corrected chi connectivity index (χ3v) is 1.79. The van der Waals surface area contributed by atoms with Crippen molar-refractivity contribution in [2.45, 2.75) is 27.7 Å². The average Bonchev–Trinajstić information content (AvgIpc) is 2.23. The zero-order chi connectivity index (χ0) is 7.28. The lowest BCUT2D eigenvalue weighted by atomic mass is 10.5. The third kappa shape index (κ3) is 2.77. The molecule has 0 spiro atoms. The summed E-state index contributed by atoms with van der Waals surface area (Å²) in [5.41, 5.74) is 4.19. The first-order chi connectivity index (χ1) is 4.30. The molecule has 0 amide bonds. The third-order valence-electron chi connectivity index (χ3n) is 0.971. The molecule has 54 valence electrons. The Morgan fingerprint density at radius 2 is 1.78 bits per heavy atom.